The summed E-state index contributed by atoms with van der Waals surface area (Å²) >= 11 is 1.61. The van der Waals surface area contributed by atoms with Crippen LogP contribution in [0.3, 0.4) is 0 Å². The van der Waals surface area contributed by atoms with Crippen LogP contribution in [0, 0.1) is 0 Å². The van der Waals surface area contributed by atoms with E-state index in [2.05, 4.69) is 36.5 Å². The monoisotopic (exact) mass is 425 g/mol. The number of rotatable bonds is 9. The Labute approximate surface area is 181 Å². The molecule has 1 amide bonds. The number of benzene rings is 2. The maximum Gasteiger partial charge on any atom is 0.252 e. The van der Waals surface area contributed by atoms with Crippen LogP contribution >= 0.6 is 11.3 Å². The minimum Gasteiger partial charge on any atom is -0.493 e. The highest BCUT2D eigenvalue weighted by Crippen LogP contribution is 2.38. The van der Waals surface area contributed by atoms with Crippen molar-refractivity contribution in [3.8, 4) is 17.2 Å². The summed E-state index contributed by atoms with van der Waals surface area (Å²) in [6.45, 7) is 2.17. The van der Waals surface area contributed by atoms with Crippen molar-refractivity contribution in [2.45, 2.75) is 25.8 Å². The lowest BCUT2D eigenvalue weighted by atomic mass is 10.0. The summed E-state index contributed by atoms with van der Waals surface area (Å²) in [6.07, 6.45) is 2.15. The van der Waals surface area contributed by atoms with Crippen LogP contribution in [0.1, 0.15) is 45.7 Å². The Morgan fingerprint density at radius 1 is 1.00 bits per heavy atom. The second kappa shape index (κ2) is 10.2. The van der Waals surface area contributed by atoms with Gasteiger partial charge in [-0.05, 0) is 41.1 Å². The quantitative estimate of drug-likeness (QED) is 0.509. The van der Waals surface area contributed by atoms with E-state index in [-0.39, 0.29) is 11.9 Å². The second-order valence-corrected chi connectivity index (χ2v) is 7.81. The summed E-state index contributed by atoms with van der Waals surface area (Å²) in [5.41, 5.74) is 2.77. The summed E-state index contributed by atoms with van der Waals surface area (Å²) in [4.78, 5) is 14.2. The van der Waals surface area contributed by atoms with Gasteiger partial charge in [-0.2, -0.15) is 0 Å². The Morgan fingerprint density at radius 2 is 1.67 bits per heavy atom. The third-order valence-corrected chi connectivity index (χ3v) is 5.82. The van der Waals surface area contributed by atoms with Gasteiger partial charge in [0.2, 0.25) is 5.75 Å². The van der Waals surface area contributed by atoms with Gasteiger partial charge in [-0.15, -0.1) is 11.3 Å². The van der Waals surface area contributed by atoms with E-state index >= 15 is 0 Å². The van der Waals surface area contributed by atoms with Gasteiger partial charge in [0, 0.05) is 10.4 Å². The summed E-state index contributed by atoms with van der Waals surface area (Å²) < 4.78 is 16.1. The molecule has 0 spiro atoms. The smallest absolute Gasteiger partial charge is 0.252 e. The van der Waals surface area contributed by atoms with Crippen molar-refractivity contribution in [3.05, 3.63) is 75.5 Å². The third kappa shape index (κ3) is 4.76. The van der Waals surface area contributed by atoms with E-state index in [9.17, 15) is 4.79 Å². The van der Waals surface area contributed by atoms with E-state index in [4.69, 9.17) is 14.2 Å². The molecule has 1 unspecified atom stereocenters. The summed E-state index contributed by atoms with van der Waals surface area (Å²) in [7, 11) is 4.60. The Kier molecular flexibility index (Phi) is 7.36. The molecule has 1 atom stereocenters. The first-order valence-electron chi connectivity index (χ1n) is 9.84. The molecular weight excluding hydrogens is 398 g/mol. The molecule has 2 aromatic carbocycles. The van der Waals surface area contributed by atoms with Crippen LogP contribution in [0.15, 0.2) is 53.9 Å². The number of carbonyl (C=O) groups is 1. The van der Waals surface area contributed by atoms with Gasteiger partial charge in [-0.3, -0.25) is 4.79 Å². The van der Waals surface area contributed by atoms with Crippen LogP contribution in [0.2, 0.25) is 0 Å². The van der Waals surface area contributed by atoms with Gasteiger partial charge in [0.1, 0.15) is 0 Å². The highest BCUT2D eigenvalue weighted by atomic mass is 32.1. The van der Waals surface area contributed by atoms with Crippen LogP contribution in [-0.2, 0) is 6.42 Å². The molecule has 5 nitrogen and oxygen atoms in total. The topological polar surface area (TPSA) is 56.8 Å². The minimum absolute atomic E-state index is 0.217. The fraction of sp³-hybridized carbons (Fsp3) is 0.292. The highest BCUT2D eigenvalue weighted by molar-refractivity contribution is 7.10. The summed E-state index contributed by atoms with van der Waals surface area (Å²) in [5, 5.41) is 5.18. The van der Waals surface area contributed by atoms with E-state index in [1.807, 2.05) is 17.5 Å². The predicted octanol–water partition coefficient (Wildman–Crippen LogP) is 5.25. The zero-order valence-corrected chi connectivity index (χ0v) is 18.5. The van der Waals surface area contributed by atoms with Crippen molar-refractivity contribution in [2.24, 2.45) is 0 Å². The molecule has 0 fully saturated rings. The standard InChI is InChI=1S/C24H27NO4S/c1-5-7-16-9-11-17(12-10-16)22(21-8-6-13-30-21)25-24(26)18-14-19(27-2)23(29-4)20(15-18)28-3/h6,8-15,22H,5,7H2,1-4H3,(H,25,26). The van der Waals surface area contributed by atoms with Gasteiger partial charge in [-0.1, -0.05) is 43.7 Å². The maximum absolute atomic E-state index is 13.2. The first-order valence-corrected chi connectivity index (χ1v) is 10.7. The van der Waals surface area contributed by atoms with Gasteiger partial charge in [0.15, 0.2) is 11.5 Å². The molecule has 3 aromatic rings. The number of hydrogen-bond acceptors (Lipinski definition) is 5. The molecule has 0 saturated heterocycles. The van der Waals surface area contributed by atoms with Gasteiger partial charge in [-0.25, -0.2) is 0 Å². The lowest BCUT2D eigenvalue weighted by Gasteiger charge is -2.20. The van der Waals surface area contributed by atoms with E-state index in [1.54, 1.807) is 23.5 Å². The van der Waals surface area contributed by atoms with E-state index in [1.165, 1.54) is 26.9 Å². The zero-order valence-electron chi connectivity index (χ0n) is 17.7. The lowest BCUT2D eigenvalue weighted by molar-refractivity contribution is 0.0942. The average molecular weight is 426 g/mol. The molecule has 1 heterocycles. The Bertz CT molecular complexity index is 942. The molecule has 158 valence electrons. The van der Waals surface area contributed by atoms with Crippen LogP contribution in [0.5, 0.6) is 17.2 Å². The third-order valence-electron chi connectivity index (χ3n) is 4.88. The largest absolute Gasteiger partial charge is 0.493 e. The van der Waals surface area contributed by atoms with E-state index in [0.717, 1.165) is 23.3 Å². The highest BCUT2D eigenvalue weighted by Gasteiger charge is 2.22. The zero-order chi connectivity index (χ0) is 21.5. The number of carbonyl (C=O) groups excluding carboxylic acids is 1. The summed E-state index contributed by atoms with van der Waals surface area (Å²) in [6, 6.07) is 15.5. The lowest BCUT2D eigenvalue weighted by Crippen LogP contribution is -2.29. The van der Waals surface area contributed by atoms with Gasteiger partial charge in [0.25, 0.3) is 5.91 Å². The summed E-state index contributed by atoms with van der Waals surface area (Å²) in [5.74, 6) is 1.13. The molecule has 0 aliphatic carbocycles. The molecule has 0 radical (unpaired) electrons. The number of hydrogen-bond donors (Lipinski definition) is 1. The maximum atomic E-state index is 13.2. The first-order chi connectivity index (χ1) is 14.6. The van der Waals surface area contributed by atoms with Gasteiger partial charge in [0.05, 0.1) is 27.4 Å². The molecule has 0 aliphatic rings. The van der Waals surface area contributed by atoms with E-state index < -0.39 is 0 Å². The second-order valence-electron chi connectivity index (χ2n) is 6.83. The number of thiophene rings is 1. The molecule has 0 bridgehead atoms. The normalized spacial score (nSPS) is 11.6. The molecule has 1 aromatic heterocycles. The fourth-order valence-electron chi connectivity index (χ4n) is 3.37. The molecule has 3 rings (SSSR count). The van der Waals surface area contributed by atoms with Crippen molar-refractivity contribution in [3.63, 3.8) is 0 Å². The Morgan fingerprint density at radius 3 is 2.17 bits per heavy atom. The molecule has 0 aliphatic heterocycles. The molecule has 30 heavy (non-hydrogen) atoms. The van der Waals surface area contributed by atoms with Crippen LogP contribution < -0.4 is 19.5 Å². The van der Waals surface area contributed by atoms with Gasteiger partial charge >= 0.3 is 0 Å². The van der Waals surface area contributed by atoms with Crippen molar-refractivity contribution in [2.75, 3.05) is 21.3 Å². The molecule has 0 saturated carbocycles. The molecule has 1 N–H and O–H groups in total. The minimum atomic E-state index is -0.243. The number of aryl methyl sites for hydroxylation is 1. The van der Waals surface area contributed by atoms with E-state index in [0.29, 0.717) is 22.8 Å². The van der Waals surface area contributed by atoms with Crippen LogP contribution in [-0.4, -0.2) is 27.2 Å². The first kappa shape index (κ1) is 21.7. The number of amides is 1. The predicted molar refractivity (Wildman–Crippen MR) is 120 cm³/mol. The van der Waals surface area contributed by atoms with Gasteiger partial charge < -0.3 is 19.5 Å². The van der Waals surface area contributed by atoms with Crippen LogP contribution in [0.25, 0.3) is 0 Å². The number of nitrogens with one attached hydrogen (secondary N) is 1. The Hall–Kier alpha value is -2.99. The Balaban J connectivity index is 1.92. The average Bonchev–Trinajstić information content (AvgIpc) is 3.31. The van der Waals surface area contributed by atoms with Crippen molar-refractivity contribution >= 4 is 17.2 Å². The molecular formula is C24H27NO4S. The SMILES string of the molecule is CCCc1ccc(C(NC(=O)c2cc(OC)c(OC)c(OC)c2)c2cccs2)cc1. The molecule has 6 heteroatoms. The van der Waals surface area contributed by atoms with Crippen LogP contribution in [0.4, 0.5) is 0 Å². The van der Waals surface area contributed by atoms with Crippen molar-refractivity contribution in [1.82, 2.24) is 5.32 Å². The van der Waals surface area contributed by atoms with Crippen molar-refractivity contribution < 1.29 is 19.0 Å². The fourth-order valence-corrected chi connectivity index (χ4v) is 4.17. The van der Waals surface area contributed by atoms with Crippen molar-refractivity contribution in [1.29, 1.82) is 0 Å². The number of methoxy groups -OCH3 is 3. The number of ether oxygens (including phenoxy) is 3.